The van der Waals surface area contributed by atoms with E-state index in [9.17, 15) is 0 Å². The quantitative estimate of drug-likeness (QED) is 0.757. The van der Waals surface area contributed by atoms with E-state index in [0.717, 1.165) is 32.8 Å². The van der Waals surface area contributed by atoms with Crippen molar-refractivity contribution in [2.24, 2.45) is 5.92 Å². The van der Waals surface area contributed by atoms with Gasteiger partial charge in [0, 0.05) is 18.2 Å². The lowest BCUT2D eigenvalue weighted by Gasteiger charge is -2.47. The first kappa shape index (κ1) is 15.9. The van der Waals surface area contributed by atoms with Crippen LogP contribution in [0.25, 0.3) is 0 Å². The van der Waals surface area contributed by atoms with E-state index in [-0.39, 0.29) is 5.54 Å². The van der Waals surface area contributed by atoms with Gasteiger partial charge >= 0.3 is 0 Å². The lowest BCUT2D eigenvalue weighted by atomic mass is 9.80. The third kappa shape index (κ3) is 3.69. The van der Waals surface area contributed by atoms with Gasteiger partial charge in [0.05, 0.1) is 6.61 Å². The molecule has 1 fully saturated rings. The molecule has 3 heteroatoms. The number of hydrogen-bond donors (Lipinski definition) is 1. The van der Waals surface area contributed by atoms with E-state index in [2.05, 4.69) is 44.8 Å². The fourth-order valence-corrected chi connectivity index (χ4v) is 3.48. The Kier molecular flexibility index (Phi) is 6.61. The van der Waals surface area contributed by atoms with Gasteiger partial charge in [-0.2, -0.15) is 0 Å². The second-order valence-corrected chi connectivity index (χ2v) is 5.84. The molecule has 0 bridgehead atoms. The molecule has 1 aliphatic rings. The van der Waals surface area contributed by atoms with Crippen LogP contribution in [0.15, 0.2) is 0 Å². The first-order valence-electron chi connectivity index (χ1n) is 7.64. The van der Waals surface area contributed by atoms with Crippen LogP contribution in [-0.2, 0) is 4.74 Å². The molecule has 0 spiro atoms. The Morgan fingerprint density at radius 2 is 1.94 bits per heavy atom. The SMILES string of the molecule is CCNC(C1CCCOC1)C(C)(C)N(CC)CC. The van der Waals surface area contributed by atoms with E-state index in [1.807, 2.05) is 0 Å². The molecular weight excluding hydrogens is 224 g/mol. The molecule has 0 radical (unpaired) electrons. The highest BCUT2D eigenvalue weighted by molar-refractivity contribution is 4.97. The van der Waals surface area contributed by atoms with Crippen LogP contribution in [0.1, 0.15) is 47.5 Å². The Bertz CT molecular complexity index is 221. The molecule has 0 aromatic rings. The van der Waals surface area contributed by atoms with Gasteiger partial charge in [0.2, 0.25) is 0 Å². The van der Waals surface area contributed by atoms with Gasteiger partial charge in [-0.15, -0.1) is 0 Å². The molecule has 1 N–H and O–H groups in total. The molecule has 2 unspecified atom stereocenters. The van der Waals surface area contributed by atoms with Gasteiger partial charge in [0.15, 0.2) is 0 Å². The van der Waals surface area contributed by atoms with Gasteiger partial charge in [-0.1, -0.05) is 20.8 Å². The van der Waals surface area contributed by atoms with Crippen molar-refractivity contribution in [2.75, 3.05) is 32.8 Å². The van der Waals surface area contributed by atoms with Gasteiger partial charge in [-0.3, -0.25) is 4.90 Å². The Morgan fingerprint density at radius 1 is 1.28 bits per heavy atom. The minimum absolute atomic E-state index is 0.185. The zero-order chi connectivity index (χ0) is 13.6. The van der Waals surface area contributed by atoms with Crippen molar-refractivity contribution in [2.45, 2.75) is 59.0 Å². The summed E-state index contributed by atoms with van der Waals surface area (Å²) in [4.78, 5) is 2.56. The topological polar surface area (TPSA) is 24.5 Å². The van der Waals surface area contributed by atoms with E-state index >= 15 is 0 Å². The largest absolute Gasteiger partial charge is 0.381 e. The molecule has 0 aliphatic carbocycles. The molecular formula is C15H32N2O. The molecule has 0 amide bonds. The average molecular weight is 256 g/mol. The van der Waals surface area contributed by atoms with Crippen LogP contribution in [0.5, 0.6) is 0 Å². The molecule has 1 aliphatic heterocycles. The third-order valence-corrected chi connectivity index (χ3v) is 4.43. The van der Waals surface area contributed by atoms with Gasteiger partial charge in [0.25, 0.3) is 0 Å². The molecule has 1 rings (SSSR count). The summed E-state index contributed by atoms with van der Waals surface area (Å²) in [6, 6.07) is 0.516. The smallest absolute Gasteiger partial charge is 0.0509 e. The molecule has 108 valence electrons. The molecule has 1 heterocycles. The van der Waals surface area contributed by atoms with Crippen molar-refractivity contribution in [1.29, 1.82) is 0 Å². The van der Waals surface area contributed by atoms with Crippen molar-refractivity contribution < 1.29 is 4.74 Å². The van der Waals surface area contributed by atoms with E-state index in [1.165, 1.54) is 12.8 Å². The van der Waals surface area contributed by atoms with Gasteiger partial charge in [-0.05, 0) is 52.2 Å². The predicted octanol–water partition coefficient (Wildman–Crippen LogP) is 2.51. The number of rotatable bonds is 7. The number of hydrogen-bond acceptors (Lipinski definition) is 3. The van der Waals surface area contributed by atoms with Crippen molar-refractivity contribution >= 4 is 0 Å². The molecule has 2 atom stereocenters. The number of nitrogens with one attached hydrogen (secondary N) is 1. The van der Waals surface area contributed by atoms with Crippen LogP contribution in [0, 0.1) is 5.92 Å². The summed E-state index contributed by atoms with van der Waals surface area (Å²) >= 11 is 0. The zero-order valence-electron chi connectivity index (χ0n) is 13.0. The van der Waals surface area contributed by atoms with Crippen LogP contribution in [0.3, 0.4) is 0 Å². The summed E-state index contributed by atoms with van der Waals surface area (Å²) in [5.74, 6) is 0.647. The van der Waals surface area contributed by atoms with E-state index in [0.29, 0.717) is 12.0 Å². The van der Waals surface area contributed by atoms with Gasteiger partial charge in [0.1, 0.15) is 0 Å². The molecule has 0 aromatic heterocycles. The molecule has 1 saturated heterocycles. The van der Waals surface area contributed by atoms with Crippen molar-refractivity contribution in [3.63, 3.8) is 0 Å². The number of likely N-dealkylation sites (N-methyl/N-ethyl adjacent to an activating group) is 2. The first-order valence-corrected chi connectivity index (χ1v) is 7.64. The normalized spacial score (nSPS) is 23.3. The first-order chi connectivity index (χ1) is 8.57. The van der Waals surface area contributed by atoms with Gasteiger partial charge in [-0.25, -0.2) is 0 Å². The standard InChI is InChI=1S/C15H32N2O/c1-6-16-14(13-10-9-11-18-12-13)15(4,5)17(7-2)8-3/h13-14,16H,6-12H2,1-5H3. The fourth-order valence-electron chi connectivity index (χ4n) is 3.48. The third-order valence-electron chi connectivity index (χ3n) is 4.43. The zero-order valence-corrected chi connectivity index (χ0v) is 13.0. The fraction of sp³-hybridized carbons (Fsp3) is 1.00. The van der Waals surface area contributed by atoms with Gasteiger partial charge < -0.3 is 10.1 Å². The summed E-state index contributed by atoms with van der Waals surface area (Å²) in [6.45, 7) is 16.6. The monoisotopic (exact) mass is 256 g/mol. The van der Waals surface area contributed by atoms with E-state index < -0.39 is 0 Å². The summed E-state index contributed by atoms with van der Waals surface area (Å²) in [7, 11) is 0. The maximum Gasteiger partial charge on any atom is 0.0509 e. The minimum atomic E-state index is 0.185. The highest BCUT2D eigenvalue weighted by atomic mass is 16.5. The summed E-state index contributed by atoms with van der Waals surface area (Å²) in [6.07, 6.45) is 2.50. The molecule has 18 heavy (non-hydrogen) atoms. The lowest BCUT2D eigenvalue weighted by molar-refractivity contribution is -0.00510. The van der Waals surface area contributed by atoms with Crippen LogP contribution in [0.4, 0.5) is 0 Å². The summed E-state index contributed by atoms with van der Waals surface area (Å²) in [5.41, 5.74) is 0.185. The number of ether oxygens (including phenoxy) is 1. The molecule has 0 aromatic carbocycles. The summed E-state index contributed by atoms with van der Waals surface area (Å²) in [5, 5.41) is 3.72. The van der Waals surface area contributed by atoms with Crippen LogP contribution >= 0.6 is 0 Å². The van der Waals surface area contributed by atoms with Crippen LogP contribution in [0.2, 0.25) is 0 Å². The Morgan fingerprint density at radius 3 is 2.39 bits per heavy atom. The average Bonchev–Trinajstić information content (AvgIpc) is 2.38. The molecule has 3 nitrogen and oxygen atoms in total. The maximum absolute atomic E-state index is 5.69. The Hall–Kier alpha value is -0.120. The van der Waals surface area contributed by atoms with Crippen LogP contribution in [-0.4, -0.2) is 49.3 Å². The second kappa shape index (κ2) is 7.46. The minimum Gasteiger partial charge on any atom is -0.381 e. The lowest BCUT2D eigenvalue weighted by Crippen LogP contribution is -2.61. The predicted molar refractivity (Wildman–Crippen MR) is 78.0 cm³/mol. The number of nitrogens with zero attached hydrogens (tertiary/aromatic N) is 1. The van der Waals surface area contributed by atoms with Crippen molar-refractivity contribution in [1.82, 2.24) is 10.2 Å². The maximum atomic E-state index is 5.69. The van der Waals surface area contributed by atoms with Crippen molar-refractivity contribution in [3.05, 3.63) is 0 Å². The van der Waals surface area contributed by atoms with Crippen LogP contribution < -0.4 is 5.32 Å². The summed E-state index contributed by atoms with van der Waals surface area (Å²) < 4.78 is 5.69. The molecule has 0 saturated carbocycles. The second-order valence-electron chi connectivity index (χ2n) is 5.84. The Balaban J connectivity index is 2.80. The highest BCUT2D eigenvalue weighted by Gasteiger charge is 2.39. The van der Waals surface area contributed by atoms with Crippen molar-refractivity contribution in [3.8, 4) is 0 Å². The highest BCUT2D eigenvalue weighted by Crippen LogP contribution is 2.29. The Labute approximate surface area is 113 Å². The van der Waals surface area contributed by atoms with E-state index in [1.54, 1.807) is 0 Å². The van der Waals surface area contributed by atoms with E-state index in [4.69, 9.17) is 4.74 Å².